The molecule has 5 nitrogen and oxygen atoms in total. The lowest BCUT2D eigenvalue weighted by Crippen LogP contribution is -2.13. The number of nitrogens with two attached hydrogens (primary N) is 1. The van der Waals surface area contributed by atoms with Gasteiger partial charge in [0.05, 0.1) is 0 Å². The summed E-state index contributed by atoms with van der Waals surface area (Å²) in [5.74, 6) is 0.314. The number of rotatable bonds is 5. The number of hydrogen-bond acceptors (Lipinski definition) is 5. The summed E-state index contributed by atoms with van der Waals surface area (Å²) >= 11 is 0. The molecule has 3 radical (unpaired) electrons. The molecule has 0 heterocycles. The maximum atomic E-state index is 9.54. The number of aromatic hydroxyl groups is 4. The number of phenolic OH excluding ortho intramolecular Hbond substituents is 4. The van der Waals surface area contributed by atoms with Crippen LogP contribution in [0, 0.1) is 11.8 Å². The van der Waals surface area contributed by atoms with E-state index in [4.69, 9.17) is 0 Å². The Balaban J connectivity index is 0.000000970. The molecule has 0 aliphatic heterocycles. The van der Waals surface area contributed by atoms with Gasteiger partial charge in [-0.15, -0.1) is 0 Å². The fourth-order valence-corrected chi connectivity index (χ4v) is 2.54. The maximum Gasteiger partial charge on any atom is 0.157 e. The van der Waals surface area contributed by atoms with E-state index in [9.17, 15) is 20.4 Å². The Labute approximate surface area is 150 Å². The predicted octanol–water partition coefficient (Wildman–Crippen LogP) is 2.21. The van der Waals surface area contributed by atoms with E-state index in [1.54, 1.807) is 12.1 Å². The predicted molar refractivity (Wildman–Crippen MR) is 101 cm³/mol. The summed E-state index contributed by atoms with van der Waals surface area (Å²) in [5.41, 5.74) is 6.45. The van der Waals surface area contributed by atoms with Crippen molar-refractivity contribution >= 4 is 15.0 Å². The fraction of sp³-hybridized carbons (Fsp3) is 0.333. The molecule has 0 saturated heterocycles. The molecule has 131 valence electrons. The lowest BCUT2D eigenvalue weighted by molar-refractivity contribution is 0.377. The zero-order valence-corrected chi connectivity index (χ0v) is 14.6. The van der Waals surface area contributed by atoms with E-state index < -0.39 is 0 Å². The first-order valence-electron chi connectivity index (χ1n) is 8.05. The highest BCUT2D eigenvalue weighted by molar-refractivity contribution is 6.87. The lowest BCUT2D eigenvalue weighted by atomic mass is 9.69. The van der Waals surface area contributed by atoms with Crippen molar-refractivity contribution in [2.75, 3.05) is 0 Å². The third-order valence-corrected chi connectivity index (χ3v) is 4.17. The Bertz CT molecular complexity index is 625. The van der Waals surface area contributed by atoms with Crippen LogP contribution in [0.2, 0.25) is 0 Å². The summed E-state index contributed by atoms with van der Waals surface area (Å²) in [4.78, 5) is 0. The van der Waals surface area contributed by atoms with Crippen LogP contribution in [0.15, 0.2) is 36.4 Å². The van der Waals surface area contributed by atoms with Gasteiger partial charge in [-0.3, -0.25) is 0 Å². The van der Waals surface area contributed by atoms with Crippen LogP contribution in [-0.2, 0) is 12.8 Å². The van der Waals surface area contributed by atoms with Crippen molar-refractivity contribution in [2.45, 2.75) is 26.7 Å². The van der Waals surface area contributed by atoms with Crippen LogP contribution in [-0.4, -0.2) is 35.5 Å². The highest BCUT2D eigenvalue weighted by atomic mass is 16.3. The van der Waals surface area contributed by atoms with Crippen LogP contribution in [0.3, 0.4) is 0 Å². The molecule has 0 unspecified atom stereocenters. The topological polar surface area (TPSA) is 107 Å². The van der Waals surface area contributed by atoms with Gasteiger partial charge >= 0.3 is 0 Å². The largest absolute Gasteiger partial charge is 0.504 e. The molecule has 7 heteroatoms. The Kier molecular flexibility index (Phi) is 8.22. The first-order chi connectivity index (χ1) is 11.8. The van der Waals surface area contributed by atoms with E-state index in [0.717, 1.165) is 31.3 Å². The summed E-state index contributed by atoms with van der Waals surface area (Å²) in [6.07, 6.45) is 1.58. The van der Waals surface area contributed by atoms with Crippen LogP contribution < -0.4 is 5.64 Å². The minimum absolute atomic E-state index is 0.0965. The molecule has 2 aromatic rings. The highest BCUT2D eigenvalue weighted by Crippen LogP contribution is 2.30. The molecule has 6 N–H and O–H groups in total. The van der Waals surface area contributed by atoms with E-state index in [2.05, 4.69) is 27.2 Å². The fourth-order valence-electron chi connectivity index (χ4n) is 2.54. The molecule has 0 spiro atoms. The molecule has 2 aromatic carbocycles. The van der Waals surface area contributed by atoms with Gasteiger partial charge in [0.15, 0.2) is 23.0 Å². The number of phenols is 4. The molecule has 25 heavy (non-hydrogen) atoms. The van der Waals surface area contributed by atoms with Crippen LogP contribution in [0.4, 0.5) is 0 Å². The Hall–Kier alpha value is -2.27. The van der Waals surface area contributed by atoms with Crippen LogP contribution >= 0.6 is 0 Å². The molecule has 0 bridgehead atoms. The van der Waals surface area contributed by atoms with Crippen molar-refractivity contribution in [3.8, 4) is 23.0 Å². The van der Waals surface area contributed by atoms with Crippen molar-refractivity contribution in [3.05, 3.63) is 47.5 Å². The van der Waals surface area contributed by atoms with Crippen molar-refractivity contribution in [3.63, 3.8) is 0 Å². The van der Waals surface area contributed by atoms with Crippen LogP contribution in [0.25, 0.3) is 0 Å². The Morgan fingerprint density at radius 3 is 1.40 bits per heavy atom. The highest BCUT2D eigenvalue weighted by Gasteiger charge is 2.15. The van der Waals surface area contributed by atoms with Crippen molar-refractivity contribution in [2.24, 2.45) is 17.5 Å². The summed E-state index contributed by atoms with van der Waals surface area (Å²) in [6.45, 7) is 4.27. The molecule has 2 atom stereocenters. The third-order valence-electron chi connectivity index (χ3n) is 4.17. The van der Waals surface area contributed by atoms with Gasteiger partial charge in [0.1, 0.15) is 7.31 Å². The standard InChI is InChI=1S/C18H22O4.B2H2N/c1-11(7-13-3-5-15(19)17(21)9-13)12(2)8-14-4-6-16(20)18(22)10-14;1-2-3/h3-6,9-12,19-22H,7-8H2,1-2H3;3H2/t11-,12+;. The number of hydrogen-bond donors (Lipinski definition) is 5. The van der Waals surface area contributed by atoms with Gasteiger partial charge in [0.2, 0.25) is 0 Å². The Morgan fingerprint density at radius 2 is 1.12 bits per heavy atom. The Morgan fingerprint density at radius 1 is 0.800 bits per heavy atom. The lowest BCUT2D eigenvalue weighted by Gasteiger charge is -2.20. The smallest absolute Gasteiger partial charge is 0.157 e. The quantitative estimate of drug-likeness (QED) is 0.424. The zero-order chi connectivity index (χ0) is 19.0. The second-order valence-corrected chi connectivity index (χ2v) is 6.20. The monoisotopic (exact) mass is 340 g/mol. The van der Waals surface area contributed by atoms with Gasteiger partial charge in [-0.05, 0) is 60.1 Å². The molecule has 2 rings (SSSR count). The molecule has 0 aliphatic carbocycles. The molecule has 0 saturated carbocycles. The molecule has 0 aromatic heterocycles. The summed E-state index contributed by atoms with van der Waals surface area (Å²) < 4.78 is 0. The third kappa shape index (κ3) is 6.63. The molecular weight excluding hydrogens is 316 g/mol. The van der Waals surface area contributed by atoms with E-state index in [1.807, 2.05) is 12.1 Å². The summed E-state index contributed by atoms with van der Waals surface area (Å²) in [6, 6.07) is 9.80. The van der Waals surface area contributed by atoms with Gasteiger partial charge in [0.25, 0.3) is 0 Å². The van der Waals surface area contributed by atoms with Crippen molar-refractivity contribution in [1.82, 2.24) is 0 Å². The molecule has 0 amide bonds. The second-order valence-electron chi connectivity index (χ2n) is 6.20. The van der Waals surface area contributed by atoms with E-state index in [0.29, 0.717) is 11.8 Å². The average molecular weight is 340 g/mol. The molecule has 0 fully saturated rings. The van der Waals surface area contributed by atoms with Crippen molar-refractivity contribution in [1.29, 1.82) is 0 Å². The van der Waals surface area contributed by atoms with Gasteiger partial charge in [0, 0.05) is 7.74 Å². The first-order valence-corrected chi connectivity index (χ1v) is 8.05. The minimum Gasteiger partial charge on any atom is -0.504 e. The van der Waals surface area contributed by atoms with Gasteiger partial charge in [-0.1, -0.05) is 26.0 Å². The van der Waals surface area contributed by atoms with Crippen molar-refractivity contribution < 1.29 is 20.4 Å². The van der Waals surface area contributed by atoms with Gasteiger partial charge in [-0.25, -0.2) is 0 Å². The first kappa shape index (κ1) is 20.8. The van der Waals surface area contributed by atoms with E-state index in [-0.39, 0.29) is 23.0 Å². The summed E-state index contributed by atoms with van der Waals surface area (Å²) in [5, 5.41) is 37.8. The van der Waals surface area contributed by atoms with E-state index in [1.165, 1.54) is 12.1 Å². The van der Waals surface area contributed by atoms with Crippen LogP contribution in [0.5, 0.6) is 23.0 Å². The minimum atomic E-state index is -0.107. The summed E-state index contributed by atoms with van der Waals surface area (Å²) in [7, 11) is 5.50. The zero-order valence-electron chi connectivity index (χ0n) is 14.6. The van der Waals surface area contributed by atoms with Gasteiger partial charge < -0.3 is 26.1 Å². The van der Waals surface area contributed by atoms with E-state index >= 15 is 0 Å². The normalized spacial score (nSPS) is 12.6. The maximum absolute atomic E-state index is 9.54. The second kappa shape index (κ2) is 9.89. The molecular formula is C18H24B2NO4. The molecule has 0 aliphatic rings. The average Bonchev–Trinajstić information content (AvgIpc) is 2.55. The SMILES string of the molecule is C[C@H](Cc1ccc(O)c(O)c1)[C@@H](C)Cc1ccc(O)c(O)c1.[B][B]N. The van der Waals surface area contributed by atoms with Crippen LogP contribution in [0.1, 0.15) is 25.0 Å². The number of benzene rings is 2. The van der Waals surface area contributed by atoms with Gasteiger partial charge in [-0.2, -0.15) is 0 Å².